The molecule has 18 heavy (non-hydrogen) atoms. The average molecular weight is 357 g/mol. The lowest BCUT2D eigenvalue weighted by molar-refractivity contribution is -0.118. The minimum Gasteiger partial charge on any atom is -0.312 e. The van der Waals surface area contributed by atoms with Gasteiger partial charge in [-0.3, -0.25) is 4.79 Å². The highest BCUT2D eigenvalue weighted by Gasteiger charge is 2.25. The van der Waals surface area contributed by atoms with Crippen LogP contribution in [0.2, 0.25) is 0 Å². The molecule has 0 aromatic heterocycles. The standard InChI is InChI=1S/C15H20INO/c1-15(2,3)8-9-17-13-6-5-12(16)10-11(13)4-7-14(17)18/h5-6,10H,4,7-9H2,1-3H3. The third-order valence-electron chi connectivity index (χ3n) is 3.33. The number of benzene rings is 1. The molecule has 1 aromatic carbocycles. The summed E-state index contributed by atoms with van der Waals surface area (Å²) in [5.74, 6) is 0.271. The first-order valence-corrected chi connectivity index (χ1v) is 7.53. The predicted molar refractivity (Wildman–Crippen MR) is 83.9 cm³/mol. The summed E-state index contributed by atoms with van der Waals surface area (Å²) in [6.45, 7) is 7.48. The number of carbonyl (C=O) groups excluding carboxylic acids is 1. The number of aryl methyl sites for hydroxylation is 1. The van der Waals surface area contributed by atoms with E-state index < -0.39 is 0 Å². The van der Waals surface area contributed by atoms with Gasteiger partial charge in [0.15, 0.2) is 0 Å². The van der Waals surface area contributed by atoms with Crippen LogP contribution in [0.1, 0.15) is 39.2 Å². The Morgan fingerprint density at radius 2 is 2.00 bits per heavy atom. The van der Waals surface area contributed by atoms with Gasteiger partial charge in [-0.25, -0.2) is 0 Å². The monoisotopic (exact) mass is 357 g/mol. The van der Waals surface area contributed by atoms with E-state index in [0.29, 0.717) is 6.42 Å². The number of amides is 1. The van der Waals surface area contributed by atoms with Crippen molar-refractivity contribution in [1.82, 2.24) is 0 Å². The second-order valence-corrected chi connectivity index (χ2v) is 7.37. The SMILES string of the molecule is CC(C)(C)CCN1C(=O)CCc2cc(I)ccc21. The van der Waals surface area contributed by atoms with E-state index in [9.17, 15) is 4.79 Å². The highest BCUT2D eigenvalue weighted by molar-refractivity contribution is 14.1. The fraction of sp³-hybridized carbons (Fsp3) is 0.533. The van der Waals surface area contributed by atoms with Gasteiger partial charge in [0.1, 0.15) is 0 Å². The molecule has 0 aliphatic carbocycles. The van der Waals surface area contributed by atoms with Crippen LogP contribution in [0.15, 0.2) is 18.2 Å². The van der Waals surface area contributed by atoms with E-state index in [0.717, 1.165) is 25.1 Å². The van der Waals surface area contributed by atoms with Gasteiger partial charge < -0.3 is 4.90 Å². The third-order valence-corrected chi connectivity index (χ3v) is 4.00. The Hall–Kier alpha value is -0.580. The molecule has 1 aromatic rings. The lowest BCUT2D eigenvalue weighted by atomic mass is 9.91. The van der Waals surface area contributed by atoms with Gasteiger partial charge in [-0.1, -0.05) is 20.8 Å². The molecule has 0 fully saturated rings. The van der Waals surface area contributed by atoms with Crippen molar-refractivity contribution >= 4 is 34.2 Å². The maximum Gasteiger partial charge on any atom is 0.227 e. The molecule has 3 heteroatoms. The van der Waals surface area contributed by atoms with Crippen LogP contribution in [0.4, 0.5) is 5.69 Å². The van der Waals surface area contributed by atoms with Crippen LogP contribution < -0.4 is 4.90 Å². The lowest BCUT2D eigenvalue weighted by Crippen LogP contribution is -2.37. The molecule has 1 heterocycles. The minimum absolute atomic E-state index is 0.265. The quantitative estimate of drug-likeness (QED) is 0.733. The fourth-order valence-electron chi connectivity index (χ4n) is 2.22. The van der Waals surface area contributed by atoms with Gasteiger partial charge in [-0.15, -0.1) is 0 Å². The molecular formula is C15H20INO. The zero-order chi connectivity index (χ0) is 13.3. The summed E-state index contributed by atoms with van der Waals surface area (Å²) in [7, 11) is 0. The van der Waals surface area contributed by atoms with Crippen molar-refractivity contribution in [3.05, 3.63) is 27.3 Å². The molecule has 0 spiro atoms. The Balaban J connectivity index is 2.23. The van der Waals surface area contributed by atoms with Gasteiger partial charge in [0.25, 0.3) is 0 Å². The number of halogens is 1. The van der Waals surface area contributed by atoms with E-state index >= 15 is 0 Å². The van der Waals surface area contributed by atoms with E-state index in [1.807, 2.05) is 4.90 Å². The number of nitrogens with zero attached hydrogens (tertiary/aromatic N) is 1. The van der Waals surface area contributed by atoms with Gasteiger partial charge in [0, 0.05) is 22.2 Å². The van der Waals surface area contributed by atoms with Gasteiger partial charge in [0.2, 0.25) is 5.91 Å². The summed E-state index contributed by atoms with van der Waals surface area (Å²) in [6, 6.07) is 6.38. The highest BCUT2D eigenvalue weighted by atomic mass is 127. The molecule has 98 valence electrons. The summed E-state index contributed by atoms with van der Waals surface area (Å²) in [6.07, 6.45) is 2.57. The van der Waals surface area contributed by atoms with E-state index in [-0.39, 0.29) is 11.3 Å². The van der Waals surface area contributed by atoms with E-state index in [1.54, 1.807) is 0 Å². The van der Waals surface area contributed by atoms with Gasteiger partial charge in [0.05, 0.1) is 0 Å². The molecule has 0 saturated heterocycles. The number of rotatable bonds is 2. The number of carbonyl (C=O) groups is 1. The van der Waals surface area contributed by atoms with Crippen LogP contribution in [0.3, 0.4) is 0 Å². The summed E-state index contributed by atoms with van der Waals surface area (Å²) >= 11 is 2.33. The zero-order valence-electron chi connectivity index (χ0n) is 11.3. The van der Waals surface area contributed by atoms with Gasteiger partial charge >= 0.3 is 0 Å². The maximum absolute atomic E-state index is 12.1. The second-order valence-electron chi connectivity index (χ2n) is 6.13. The van der Waals surface area contributed by atoms with E-state index in [4.69, 9.17) is 0 Å². The van der Waals surface area contributed by atoms with Crippen molar-refractivity contribution in [1.29, 1.82) is 0 Å². The molecule has 0 saturated carbocycles. The van der Waals surface area contributed by atoms with Gasteiger partial charge in [-0.2, -0.15) is 0 Å². The molecule has 1 amide bonds. The van der Waals surface area contributed by atoms with Crippen molar-refractivity contribution < 1.29 is 4.79 Å². The first-order chi connectivity index (χ1) is 8.37. The normalized spacial score (nSPS) is 15.8. The molecular weight excluding hydrogens is 337 g/mol. The largest absolute Gasteiger partial charge is 0.312 e. The van der Waals surface area contributed by atoms with Crippen LogP contribution in [0.25, 0.3) is 0 Å². The summed E-state index contributed by atoms with van der Waals surface area (Å²) < 4.78 is 1.25. The topological polar surface area (TPSA) is 20.3 Å². The van der Waals surface area contributed by atoms with E-state index in [2.05, 4.69) is 61.6 Å². The van der Waals surface area contributed by atoms with Crippen LogP contribution in [0, 0.1) is 8.99 Å². The molecule has 2 rings (SSSR count). The van der Waals surface area contributed by atoms with Crippen molar-refractivity contribution in [2.24, 2.45) is 5.41 Å². The lowest BCUT2D eigenvalue weighted by Gasteiger charge is -2.32. The maximum atomic E-state index is 12.1. The Morgan fingerprint density at radius 3 is 2.67 bits per heavy atom. The number of hydrogen-bond donors (Lipinski definition) is 0. The molecule has 0 bridgehead atoms. The van der Waals surface area contributed by atoms with Crippen LogP contribution in [-0.4, -0.2) is 12.5 Å². The molecule has 0 unspecified atom stereocenters. The number of hydrogen-bond acceptors (Lipinski definition) is 1. The Bertz CT molecular complexity index is 462. The molecule has 1 aliphatic heterocycles. The summed E-state index contributed by atoms with van der Waals surface area (Å²) in [5.41, 5.74) is 2.70. The first-order valence-electron chi connectivity index (χ1n) is 6.46. The molecule has 0 radical (unpaired) electrons. The number of fused-ring (bicyclic) bond motifs is 1. The van der Waals surface area contributed by atoms with Crippen molar-refractivity contribution in [2.45, 2.75) is 40.0 Å². The Labute approximate surface area is 123 Å². The molecule has 1 aliphatic rings. The third kappa shape index (κ3) is 3.25. The van der Waals surface area contributed by atoms with Crippen LogP contribution >= 0.6 is 22.6 Å². The fourth-order valence-corrected chi connectivity index (χ4v) is 2.78. The molecule has 0 atom stereocenters. The van der Waals surface area contributed by atoms with Crippen molar-refractivity contribution in [3.8, 4) is 0 Å². The smallest absolute Gasteiger partial charge is 0.227 e. The zero-order valence-corrected chi connectivity index (χ0v) is 13.5. The number of anilines is 1. The van der Waals surface area contributed by atoms with Crippen LogP contribution in [-0.2, 0) is 11.2 Å². The Morgan fingerprint density at radius 1 is 1.28 bits per heavy atom. The second kappa shape index (κ2) is 5.19. The van der Waals surface area contributed by atoms with Crippen molar-refractivity contribution in [3.63, 3.8) is 0 Å². The summed E-state index contributed by atoms with van der Waals surface area (Å²) in [5, 5.41) is 0. The first kappa shape index (κ1) is 13.8. The minimum atomic E-state index is 0.265. The van der Waals surface area contributed by atoms with Gasteiger partial charge in [-0.05, 0) is 64.6 Å². The van der Waals surface area contributed by atoms with Crippen LogP contribution in [0.5, 0.6) is 0 Å². The average Bonchev–Trinajstić information content (AvgIpc) is 2.26. The molecule has 2 nitrogen and oxygen atoms in total. The highest BCUT2D eigenvalue weighted by Crippen LogP contribution is 2.30. The van der Waals surface area contributed by atoms with Crippen molar-refractivity contribution in [2.75, 3.05) is 11.4 Å². The summed E-state index contributed by atoms with van der Waals surface area (Å²) in [4.78, 5) is 14.1. The predicted octanol–water partition coefficient (Wildman–Crippen LogP) is 4.01. The molecule has 0 N–H and O–H groups in total. The Kier molecular flexibility index (Phi) is 3.99. The van der Waals surface area contributed by atoms with E-state index in [1.165, 1.54) is 9.13 Å².